The van der Waals surface area contributed by atoms with Crippen molar-refractivity contribution < 1.29 is 39.9 Å². The number of allylic oxidation sites excluding steroid dienone is 1. The summed E-state index contributed by atoms with van der Waals surface area (Å²) in [6.07, 6.45) is -1.58. The van der Waals surface area contributed by atoms with Gasteiger partial charge < -0.3 is 10.8 Å². The molecular weight excluding hydrogens is 716 g/mol. The van der Waals surface area contributed by atoms with Crippen molar-refractivity contribution in [1.82, 2.24) is 0 Å². The lowest BCUT2D eigenvalue weighted by Crippen LogP contribution is -2.29. The van der Waals surface area contributed by atoms with Crippen molar-refractivity contribution >= 4 is 63.1 Å². The first kappa shape index (κ1) is 37.6. The van der Waals surface area contributed by atoms with Crippen molar-refractivity contribution in [2.24, 2.45) is 5.73 Å². The van der Waals surface area contributed by atoms with Gasteiger partial charge in [-0.2, -0.15) is 25.9 Å². The van der Waals surface area contributed by atoms with E-state index in [0.29, 0.717) is 10.6 Å². The van der Waals surface area contributed by atoms with Gasteiger partial charge in [0, 0.05) is 6.08 Å². The molecule has 0 aliphatic carbocycles. The van der Waals surface area contributed by atoms with Gasteiger partial charge in [-0.15, -0.1) is 11.8 Å². The Kier molecular flexibility index (Phi) is 12.3. The van der Waals surface area contributed by atoms with Crippen LogP contribution < -0.4 is 5.73 Å². The minimum Gasteiger partial charge on any atom is -0.475 e. The minimum atomic E-state index is -5.08. The van der Waals surface area contributed by atoms with Crippen molar-refractivity contribution in [3.05, 3.63) is 119 Å². The first-order chi connectivity index (χ1) is 23.1. The van der Waals surface area contributed by atoms with E-state index >= 15 is 0 Å². The zero-order chi connectivity index (χ0) is 35.9. The van der Waals surface area contributed by atoms with Gasteiger partial charge in [-0.3, -0.25) is 5.41 Å². The number of hydrogen-bond donors (Lipinski definition) is 3. The molecule has 15 heteroatoms. The Balaban J connectivity index is 0.000000698. The molecule has 5 rings (SSSR count). The molecule has 0 fully saturated rings. The molecule has 1 atom stereocenters. The Morgan fingerprint density at radius 2 is 1.53 bits per heavy atom. The smallest absolute Gasteiger partial charge is 0.475 e. The third-order valence-corrected chi connectivity index (χ3v) is 11.9. The van der Waals surface area contributed by atoms with Crippen molar-refractivity contribution in [3.8, 4) is 22.3 Å². The minimum absolute atomic E-state index is 0.108. The lowest BCUT2D eigenvalue weighted by Gasteiger charge is -2.13. The third-order valence-electron chi connectivity index (χ3n) is 6.93. The summed E-state index contributed by atoms with van der Waals surface area (Å²) < 4.78 is 66.4. The van der Waals surface area contributed by atoms with E-state index in [1.54, 1.807) is 30.3 Å². The number of aryl methyl sites for hydroxylation is 2. The van der Waals surface area contributed by atoms with Gasteiger partial charge in [-0.1, -0.05) is 90.1 Å². The number of thioether (sulfide) groups is 2. The number of nitrogens with zero attached hydrogens (tertiary/aromatic N) is 1. The van der Waals surface area contributed by atoms with E-state index in [9.17, 15) is 21.6 Å². The van der Waals surface area contributed by atoms with E-state index in [-0.39, 0.29) is 15.3 Å². The number of carboxylic acids is 1. The van der Waals surface area contributed by atoms with Crippen LogP contribution in [0.2, 0.25) is 0 Å². The fraction of sp³-hybridized carbons (Fsp3) is 0.147. The van der Waals surface area contributed by atoms with E-state index in [1.165, 1.54) is 29.1 Å². The van der Waals surface area contributed by atoms with E-state index in [1.807, 2.05) is 61.7 Å². The van der Waals surface area contributed by atoms with E-state index in [4.69, 9.17) is 25.3 Å². The van der Waals surface area contributed by atoms with Crippen molar-refractivity contribution in [2.45, 2.75) is 34.4 Å². The Labute approximate surface area is 295 Å². The summed E-state index contributed by atoms with van der Waals surface area (Å²) in [6, 6.07) is 31.0. The van der Waals surface area contributed by atoms with Gasteiger partial charge in [-0.05, 0) is 72.2 Å². The van der Waals surface area contributed by atoms with E-state index < -0.39 is 22.2 Å². The van der Waals surface area contributed by atoms with Crippen LogP contribution in [0, 0.1) is 19.3 Å². The Hall–Kier alpha value is -4.18. The highest BCUT2D eigenvalue weighted by atomic mass is 32.2. The molecule has 0 spiro atoms. The molecule has 4 aromatic rings. The normalized spacial score (nSPS) is 15.5. The summed E-state index contributed by atoms with van der Waals surface area (Å²) in [6.45, 7) is 4.00. The molecule has 8 nitrogen and oxygen atoms in total. The van der Waals surface area contributed by atoms with Crippen LogP contribution >= 0.6 is 35.6 Å². The van der Waals surface area contributed by atoms with Crippen molar-refractivity contribution in [1.29, 1.82) is 5.41 Å². The number of nitrogens with two attached hydrogens (primary N) is 1. The molecule has 0 saturated carbocycles. The number of amidine groups is 1. The number of carboxylic acid groups (broad SMARTS) is 1. The Bertz CT molecular complexity index is 2030. The number of benzene rings is 4. The largest absolute Gasteiger partial charge is 0.490 e. The maximum absolute atomic E-state index is 13.9. The number of halogens is 3. The zero-order valence-electron chi connectivity index (χ0n) is 26.3. The number of rotatable bonds is 9. The fourth-order valence-corrected chi connectivity index (χ4v) is 8.66. The second-order valence-corrected chi connectivity index (χ2v) is 15.4. The lowest BCUT2D eigenvalue weighted by molar-refractivity contribution is -0.617. The van der Waals surface area contributed by atoms with E-state index in [2.05, 4.69) is 31.2 Å². The Morgan fingerprint density at radius 3 is 2.10 bits per heavy atom. The molecule has 0 radical (unpaired) electrons. The van der Waals surface area contributed by atoms with Gasteiger partial charge >= 0.3 is 22.2 Å². The summed E-state index contributed by atoms with van der Waals surface area (Å²) in [7, 11) is -4.10. The monoisotopic (exact) mass is 746 g/mol. The number of hydrogen-bond acceptors (Lipinski definition) is 8. The Morgan fingerprint density at radius 1 is 0.939 bits per heavy atom. The van der Waals surface area contributed by atoms with Crippen LogP contribution in [0.4, 0.5) is 13.2 Å². The number of alkyl halides is 3. The molecular formula is C34H31F3N3O5S4+. The van der Waals surface area contributed by atoms with Crippen LogP contribution in [0.15, 0.2) is 118 Å². The standard InChI is InChI=1S/C32H30N3O3S4.C2HF3O2/c1-21-15-17-25(18-16-21)42(36,37)35(29-20-30(31(33)34)40-32(29)39-3)38-41-24-11-8-10-23(19-24)27-13-6-7-14-28(27)26-12-5-4-9-22(26)2;3-2(4,5)1(6)7/h4-20,32H,1-3H3,(H3,33,34);(H,6,7)/q+1;. The molecule has 0 amide bonds. The highest BCUT2D eigenvalue weighted by Gasteiger charge is 2.42. The second kappa shape index (κ2) is 16.0. The molecule has 1 unspecified atom stereocenters. The van der Waals surface area contributed by atoms with Crippen LogP contribution in [0.3, 0.4) is 0 Å². The first-order valence-corrected chi connectivity index (χ1v) is 18.6. The maximum atomic E-state index is 13.9. The molecule has 1 aliphatic rings. The molecule has 4 N–H and O–H groups in total. The fourth-order valence-electron chi connectivity index (χ4n) is 4.53. The van der Waals surface area contributed by atoms with Crippen LogP contribution in [0.25, 0.3) is 22.3 Å². The predicted octanol–water partition coefficient (Wildman–Crippen LogP) is 8.31. The molecule has 1 heterocycles. The SMILES string of the molecule is CSC1SC(C(=N)N)=CC1=[N+](OSc1cccc(-c2ccccc2-c2ccccc2C)c1)S(=O)(=O)c1ccc(C)cc1.O=C(O)C(F)(F)F. The molecule has 0 bridgehead atoms. The predicted molar refractivity (Wildman–Crippen MR) is 191 cm³/mol. The average Bonchev–Trinajstić information content (AvgIpc) is 3.50. The number of carbonyl (C=O) groups is 1. The first-order valence-electron chi connectivity index (χ1n) is 14.3. The summed E-state index contributed by atoms with van der Waals surface area (Å²) in [5.41, 5.74) is 12.6. The number of aliphatic carboxylic acids is 1. The van der Waals surface area contributed by atoms with Gasteiger partial charge in [0.2, 0.25) is 0 Å². The number of nitrogens with one attached hydrogen (secondary N) is 1. The van der Waals surface area contributed by atoms with Crippen molar-refractivity contribution in [3.63, 3.8) is 0 Å². The molecule has 1 aliphatic heterocycles. The zero-order valence-corrected chi connectivity index (χ0v) is 29.5. The second-order valence-electron chi connectivity index (χ2n) is 10.4. The van der Waals surface area contributed by atoms with Gasteiger partial charge in [0.1, 0.15) is 19.5 Å². The molecule has 49 heavy (non-hydrogen) atoms. The van der Waals surface area contributed by atoms with Gasteiger partial charge in [-0.25, -0.2) is 4.79 Å². The van der Waals surface area contributed by atoms with Crippen LogP contribution in [-0.2, 0) is 19.1 Å². The summed E-state index contributed by atoms with van der Waals surface area (Å²) in [4.78, 5) is 10.2. The quantitative estimate of drug-likeness (QED) is 0.0509. The summed E-state index contributed by atoms with van der Waals surface area (Å²) in [5.74, 6) is -2.87. The highest BCUT2D eigenvalue weighted by Crippen LogP contribution is 2.39. The van der Waals surface area contributed by atoms with Crippen LogP contribution in [0.5, 0.6) is 0 Å². The number of sulfonamides is 1. The summed E-state index contributed by atoms with van der Waals surface area (Å²) >= 11 is 3.75. The van der Waals surface area contributed by atoms with Gasteiger partial charge in [0.25, 0.3) is 5.71 Å². The third kappa shape index (κ3) is 9.29. The van der Waals surface area contributed by atoms with Crippen LogP contribution in [0.1, 0.15) is 11.1 Å². The average molecular weight is 747 g/mol. The van der Waals surface area contributed by atoms with E-state index in [0.717, 1.165) is 48.9 Å². The molecule has 0 saturated heterocycles. The summed E-state index contributed by atoms with van der Waals surface area (Å²) in [5, 5.41) is 15.0. The van der Waals surface area contributed by atoms with Crippen LogP contribution in [-0.4, -0.2) is 52.2 Å². The molecule has 256 valence electrons. The topological polar surface area (TPSA) is 134 Å². The van der Waals surface area contributed by atoms with Crippen molar-refractivity contribution in [2.75, 3.05) is 6.26 Å². The van der Waals surface area contributed by atoms with Gasteiger partial charge in [0.15, 0.2) is 12.0 Å². The molecule has 0 aromatic heterocycles. The lowest BCUT2D eigenvalue weighted by atomic mass is 9.92. The highest BCUT2D eigenvalue weighted by molar-refractivity contribution is 8.20. The maximum Gasteiger partial charge on any atom is 0.490 e. The van der Waals surface area contributed by atoms with Gasteiger partial charge in [0.05, 0.1) is 9.80 Å². The molecule has 4 aromatic carbocycles.